The Morgan fingerprint density at radius 2 is 2.00 bits per heavy atom. The Morgan fingerprint density at radius 1 is 1.39 bits per heavy atom. The first-order chi connectivity index (χ1) is 8.50. The highest BCUT2D eigenvalue weighted by atomic mass is 35.5. The molecule has 0 spiro atoms. The van der Waals surface area contributed by atoms with Crippen molar-refractivity contribution in [1.82, 2.24) is 0 Å². The van der Waals surface area contributed by atoms with Gasteiger partial charge in [0.25, 0.3) is 0 Å². The van der Waals surface area contributed by atoms with Crippen LogP contribution in [-0.2, 0) is 11.2 Å². The molecule has 98 valence electrons. The normalized spacial score (nSPS) is 13.8. The first-order valence-corrected chi connectivity index (χ1v) is 6.21. The maximum absolute atomic E-state index is 10.9. The summed E-state index contributed by atoms with van der Waals surface area (Å²) in [7, 11) is 0. The van der Waals surface area contributed by atoms with E-state index in [-0.39, 0.29) is 12.3 Å². The van der Waals surface area contributed by atoms with Crippen LogP contribution in [0.3, 0.4) is 0 Å². The predicted molar refractivity (Wildman–Crippen MR) is 67.9 cm³/mol. The highest BCUT2D eigenvalue weighted by molar-refractivity contribution is 6.32. The summed E-state index contributed by atoms with van der Waals surface area (Å²) in [4.78, 5) is 10.9. The number of carboxylic acid groups (broad SMARTS) is 1. The number of fused-ring (bicyclic) bond motifs is 1. The summed E-state index contributed by atoms with van der Waals surface area (Å²) in [5, 5.41) is 9.36. The fourth-order valence-corrected chi connectivity index (χ4v) is 2.45. The standard InChI is InChI=1S/C13H15ClO4/c1-7(2)11-8(6-10(15)16)5-9(14)12-13(11)18-4-3-17-12/h5,7H,3-4,6H2,1-2H3,(H,15,16). The zero-order chi connectivity index (χ0) is 13.3. The van der Waals surface area contributed by atoms with Crippen molar-refractivity contribution in [2.75, 3.05) is 13.2 Å². The summed E-state index contributed by atoms with van der Waals surface area (Å²) in [6.07, 6.45) is -0.0656. The van der Waals surface area contributed by atoms with E-state index in [1.165, 1.54) is 0 Å². The molecule has 4 nitrogen and oxygen atoms in total. The predicted octanol–water partition coefficient (Wildman–Crippen LogP) is 2.86. The minimum atomic E-state index is -0.885. The number of hydrogen-bond donors (Lipinski definition) is 1. The lowest BCUT2D eigenvalue weighted by atomic mass is 9.93. The number of carbonyl (C=O) groups is 1. The number of carboxylic acids is 1. The largest absolute Gasteiger partial charge is 0.486 e. The van der Waals surface area contributed by atoms with Gasteiger partial charge in [0.1, 0.15) is 13.2 Å². The van der Waals surface area contributed by atoms with E-state index in [0.717, 1.165) is 5.56 Å². The van der Waals surface area contributed by atoms with E-state index in [2.05, 4.69) is 0 Å². The van der Waals surface area contributed by atoms with Crippen molar-refractivity contribution in [2.45, 2.75) is 26.2 Å². The summed E-state index contributed by atoms with van der Waals surface area (Å²) < 4.78 is 11.1. The smallest absolute Gasteiger partial charge is 0.307 e. The van der Waals surface area contributed by atoms with Crippen LogP contribution in [0.5, 0.6) is 11.5 Å². The molecule has 0 radical (unpaired) electrons. The zero-order valence-electron chi connectivity index (χ0n) is 10.3. The molecule has 0 atom stereocenters. The van der Waals surface area contributed by atoms with Gasteiger partial charge in [-0.1, -0.05) is 25.4 Å². The van der Waals surface area contributed by atoms with Crippen LogP contribution in [-0.4, -0.2) is 24.3 Å². The molecule has 1 aromatic carbocycles. The van der Waals surface area contributed by atoms with E-state index < -0.39 is 5.97 Å². The molecule has 0 saturated carbocycles. The molecule has 0 aromatic heterocycles. The van der Waals surface area contributed by atoms with E-state index >= 15 is 0 Å². The summed E-state index contributed by atoms with van der Waals surface area (Å²) in [5.41, 5.74) is 1.56. The summed E-state index contributed by atoms with van der Waals surface area (Å²) in [6, 6.07) is 1.67. The second-order valence-corrected chi connectivity index (χ2v) is 4.92. The van der Waals surface area contributed by atoms with Gasteiger partial charge in [0.05, 0.1) is 11.4 Å². The molecule has 1 aliphatic heterocycles. The van der Waals surface area contributed by atoms with Gasteiger partial charge in [-0.2, -0.15) is 0 Å². The van der Waals surface area contributed by atoms with Gasteiger partial charge in [0.2, 0.25) is 0 Å². The first-order valence-electron chi connectivity index (χ1n) is 5.83. The van der Waals surface area contributed by atoms with Crippen molar-refractivity contribution in [3.8, 4) is 11.5 Å². The lowest BCUT2D eigenvalue weighted by Crippen LogP contribution is -2.19. The van der Waals surface area contributed by atoms with Crippen LogP contribution in [0.25, 0.3) is 0 Å². The molecular formula is C13H15ClO4. The third-order valence-corrected chi connectivity index (χ3v) is 3.09. The van der Waals surface area contributed by atoms with Gasteiger partial charge in [-0.25, -0.2) is 0 Å². The van der Waals surface area contributed by atoms with E-state index in [1.807, 2.05) is 13.8 Å². The number of rotatable bonds is 3. The number of hydrogen-bond acceptors (Lipinski definition) is 3. The fraction of sp³-hybridized carbons (Fsp3) is 0.462. The third-order valence-electron chi connectivity index (χ3n) is 2.81. The molecule has 1 aromatic rings. The quantitative estimate of drug-likeness (QED) is 0.918. The van der Waals surface area contributed by atoms with Gasteiger partial charge in [0, 0.05) is 5.56 Å². The number of ether oxygens (including phenoxy) is 2. The molecule has 1 heterocycles. The molecular weight excluding hydrogens is 256 g/mol. The highest BCUT2D eigenvalue weighted by Gasteiger charge is 2.25. The van der Waals surface area contributed by atoms with Crippen molar-refractivity contribution in [1.29, 1.82) is 0 Å². The Balaban J connectivity index is 2.59. The summed E-state index contributed by atoms with van der Waals surface area (Å²) >= 11 is 6.11. The Hall–Kier alpha value is -1.42. The van der Waals surface area contributed by atoms with Gasteiger partial charge < -0.3 is 14.6 Å². The van der Waals surface area contributed by atoms with Crippen molar-refractivity contribution >= 4 is 17.6 Å². The second kappa shape index (κ2) is 5.06. The van der Waals surface area contributed by atoms with Gasteiger partial charge in [-0.05, 0) is 17.5 Å². The van der Waals surface area contributed by atoms with Crippen molar-refractivity contribution < 1.29 is 19.4 Å². The Kier molecular flexibility index (Phi) is 3.66. The molecule has 18 heavy (non-hydrogen) atoms. The number of halogens is 1. The van der Waals surface area contributed by atoms with E-state index in [0.29, 0.717) is 35.3 Å². The Bertz CT molecular complexity index is 482. The highest BCUT2D eigenvalue weighted by Crippen LogP contribution is 2.45. The van der Waals surface area contributed by atoms with Gasteiger partial charge in [-0.15, -0.1) is 0 Å². The van der Waals surface area contributed by atoms with Crippen LogP contribution in [0.15, 0.2) is 6.07 Å². The average molecular weight is 271 g/mol. The Labute approximate surface area is 110 Å². The average Bonchev–Trinajstić information content (AvgIpc) is 2.27. The molecule has 0 saturated heterocycles. The third kappa shape index (κ3) is 2.38. The van der Waals surface area contributed by atoms with Crippen LogP contribution in [0.1, 0.15) is 30.9 Å². The zero-order valence-corrected chi connectivity index (χ0v) is 11.1. The monoisotopic (exact) mass is 270 g/mol. The van der Waals surface area contributed by atoms with Gasteiger partial charge in [0.15, 0.2) is 11.5 Å². The molecule has 1 aliphatic rings. The van der Waals surface area contributed by atoms with E-state index in [1.54, 1.807) is 6.07 Å². The SMILES string of the molecule is CC(C)c1c(CC(=O)O)cc(Cl)c2c1OCCO2. The molecule has 5 heteroatoms. The molecule has 2 rings (SSSR count). The van der Waals surface area contributed by atoms with Crippen molar-refractivity contribution in [2.24, 2.45) is 0 Å². The first kappa shape index (κ1) is 13.0. The maximum Gasteiger partial charge on any atom is 0.307 e. The summed E-state index contributed by atoms with van der Waals surface area (Å²) in [5.74, 6) is 0.387. The van der Waals surface area contributed by atoms with Crippen LogP contribution in [0.2, 0.25) is 5.02 Å². The number of benzene rings is 1. The van der Waals surface area contributed by atoms with E-state index in [4.69, 9.17) is 26.2 Å². The van der Waals surface area contributed by atoms with Gasteiger partial charge >= 0.3 is 5.97 Å². The molecule has 0 unspecified atom stereocenters. The molecule has 0 fully saturated rings. The molecule has 0 bridgehead atoms. The van der Waals surface area contributed by atoms with Gasteiger partial charge in [-0.3, -0.25) is 4.79 Å². The maximum atomic E-state index is 10.9. The molecule has 0 aliphatic carbocycles. The van der Waals surface area contributed by atoms with Crippen molar-refractivity contribution in [3.05, 3.63) is 22.2 Å². The van der Waals surface area contributed by atoms with Crippen molar-refractivity contribution in [3.63, 3.8) is 0 Å². The Morgan fingerprint density at radius 3 is 2.56 bits per heavy atom. The molecule has 1 N–H and O–H groups in total. The molecule has 0 amide bonds. The second-order valence-electron chi connectivity index (χ2n) is 4.51. The van der Waals surface area contributed by atoms with Crippen LogP contribution in [0.4, 0.5) is 0 Å². The summed E-state index contributed by atoms with van der Waals surface area (Å²) in [6.45, 7) is 4.90. The minimum Gasteiger partial charge on any atom is -0.486 e. The lowest BCUT2D eigenvalue weighted by Gasteiger charge is -2.25. The van der Waals surface area contributed by atoms with Crippen LogP contribution in [0, 0.1) is 0 Å². The van der Waals surface area contributed by atoms with Crippen LogP contribution < -0.4 is 9.47 Å². The number of aliphatic carboxylic acids is 1. The minimum absolute atomic E-state index is 0.0656. The van der Waals surface area contributed by atoms with E-state index in [9.17, 15) is 4.79 Å². The topological polar surface area (TPSA) is 55.8 Å². The fourth-order valence-electron chi connectivity index (χ4n) is 2.18. The lowest BCUT2D eigenvalue weighted by molar-refractivity contribution is -0.136. The van der Waals surface area contributed by atoms with Crippen LogP contribution >= 0.6 is 11.6 Å².